The summed E-state index contributed by atoms with van der Waals surface area (Å²) in [5, 5.41) is 0. The molecule has 9 nitrogen and oxygen atoms in total. The first kappa shape index (κ1) is 30.8. The van der Waals surface area contributed by atoms with Crippen LogP contribution in [0.2, 0.25) is 0 Å². The average molecular weight is 755 g/mol. The van der Waals surface area contributed by atoms with Gasteiger partial charge in [-0.15, -0.1) is 0 Å². The highest BCUT2D eigenvalue weighted by Gasteiger charge is 2.35. The van der Waals surface area contributed by atoms with Crippen LogP contribution in [0.4, 0.5) is 0 Å². The van der Waals surface area contributed by atoms with E-state index in [0.29, 0.717) is 54.7 Å². The Morgan fingerprint density at radius 1 is 1.15 bits per heavy atom. The fourth-order valence-corrected chi connectivity index (χ4v) is 6.79. The Morgan fingerprint density at radius 2 is 1.83 bits per heavy atom. The number of carbonyl (C=O) groups excluding carboxylic acids is 1. The fourth-order valence-electron chi connectivity index (χ4n) is 4.42. The first-order valence-corrected chi connectivity index (χ1v) is 15.1. The number of rotatable bonds is 10. The molecule has 0 fully saturated rings. The van der Waals surface area contributed by atoms with Crippen LogP contribution in [-0.4, -0.2) is 45.1 Å². The Balaban J connectivity index is 1.96. The molecule has 0 spiro atoms. The van der Waals surface area contributed by atoms with E-state index >= 15 is 0 Å². The van der Waals surface area contributed by atoms with Gasteiger partial charge in [-0.2, -0.15) is 0 Å². The minimum Gasteiger partial charge on any atom is -0.493 e. The second-order valence-electron chi connectivity index (χ2n) is 8.66. The minimum atomic E-state index is -0.828. The van der Waals surface area contributed by atoms with E-state index in [4.69, 9.17) is 23.7 Å². The van der Waals surface area contributed by atoms with Crippen molar-refractivity contribution in [3.05, 3.63) is 87.0 Å². The SMILES string of the molecule is C=CCOc1c(I)cc(/C=c2\sc3n(c2=O)[C@H](c2cc(OC)c(OC)cc2Br)C(C(=O)OCC)=C(C)N=3)cc1OC. The van der Waals surface area contributed by atoms with Crippen LogP contribution in [-0.2, 0) is 9.53 Å². The summed E-state index contributed by atoms with van der Waals surface area (Å²) in [5.41, 5.74) is 1.78. The van der Waals surface area contributed by atoms with E-state index in [2.05, 4.69) is 50.1 Å². The van der Waals surface area contributed by atoms with Crippen molar-refractivity contribution >= 4 is 61.9 Å². The molecule has 12 heteroatoms. The Bertz CT molecular complexity index is 1730. The number of hydrogen-bond acceptors (Lipinski definition) is 9. The molecule has 3 aromatic rings. The van der Waals surface area contributed by atoms with E-state index in [1.807, 2.05) is 6.07 Å². The van der Waals surface area contributed by atoms with Crippen LogP contribution in [0.3, 0.4) is 0 Å². The third-order valence-electron chi connectivity index (χ3n) is 6.21. The zero-order valence-corrected chi connectivity index (χ0v) is 27.6. The van der Waals surface area contributed by atoms with Gasteiger partial charge in [0, 0.05) is 4.47 Å². The van der Waals surface area contributed by atoms with Gasteiger partial charge in [-0.3, -0.25) is 9.36 Å². The van der Waals surface area contributed by atoms with Gasteiger partial charge >= 0.3 is 5.97 Å². The quantitative estimate of drug-likeness (QED) is 0.168. The average Bonchev–Trinajstić information content (AvgIpc) is 3.25. The monoisotopic (exact) mass is 754 g/mol. The van der Waals surface area contributed by atoms with Crippen molar-refractivity contribution in [3.63, 3.8) is 0 Å². The second-order valence-corrected chi connectivity index (χ2v) is 11.7. The number of carbonyl (C=O) groups is 1. The molecule has 1 aliphatic rings. The molecule has 1 aromatic heterocycles. The predicted molar refractivity (Wildman–Crippen MR) is 169 cm³/mol. The number of benzene rings is 2. The standard InChI is InChI=1S/C29H28BrIN2O7S/c1-7-9-40-26-19(31)10-16(11-22(26)38-6)12-23-27(34)33-25(17-13-20(36-4)21(37-5)14-18(17)30)24(28(35)39-8-2)15(3)32-29(33)41-23/h7,10-14,25H,1,8-9H2,2-6H3/b23-12-/t25-/m1/s1. The number of ether oxygens (including phenoxy) is 5. The number of nitrogens with zero attached hydrogens (tertiary/aromatic N) is 2. The van der Waals surface area contributed by atoms with Crippen LogP contribution in [0.5, 0.6) is 23.0 Å². The van der Waals surface area contributed by atoms with E-state index < -0.39 is 12.0 Å². The third-order valence-corrected chi connectivity index (χ3v) is 8.68. The highest BCUT2D eigenvalue weighted by molar-refractivity contribution is 14.1. The fraction of sp³-hybridized carbons (Fsp3) is 0.276. The van der Waals surface area contributed by atoms with Gasteiger partial charge in [-0.25, -0.2) is 9.79 Å². The highest BCUT2D eigenvalue weighted by Crippen LogP contribution is 2.41. The lowest BCUT2D eigenvalue weighted by molar-refractivity contribution is -0.139. The number of aromatic nitrogens is 1. The number of hydrogen-bond donors (Lipinski definition) is 0. The lowest BCUT2D eigenvalue weighted by Crippen LogP contribution is -2.40. The molecular formula is C29H28BrIN2O7S. The minimum absolute atomic E-state index is 0.173. The van der Waals surface area contributed by atoms with Crippen LogP contribution in [0.15, 0.2) is 62.5 Å². The molecule has 0 unspecified atom stereocenters. The van der Waals surface area contributed by atoms with Crippen LogP contribution in [0, 0.1) is 3.57 Å². The van der Waals surface area contributed by atoms with E-state index in [9.17, 15) is 9.59 Å². The zero-order chi connectivity index (χ0) is 29.8. The van der Waals surface area contributed by atoms with E-state index in [1.165, 1.54) is 30.1 Å². The van der Waals surface area contributed by atoms with E-state index in [-0.39, 0.29) is 17.7 Å². The second kappa shape index (κ2) is 13.3. The van der Waals surface area contributed by atoms with Crippen molar-refractivity contribution in [1.29, 1.82) is 0 Å². The molecule has 2 aromatic carbocycles. The molecule has 0 N–H and O–H groups in total. The van der Waals surface area contributed by atoms with Crippen LogP contribution in [0.1, 0.15) is 31.0 Å². The van der Waals surface area contributed by atoms with Gasteiger partial charge in [0.25, 0.3) is 5.56 Å². The summed E-state index contributed by atoms with van der Waals surface area (Å²) in [6.07, 6.45) is 3.43. The Hall–Kier alpha value is -3.10. The number of allylic oxidation sites excluding steroid dienone is 1. The molecule has 1 atom stereocenters. The van der Waals surface area contributed by atoms with Gasteiger partial charge in [0.05, 0.1) is 53.4 Å². The van der Waals surface area contributed by atoms with Crippen molar-refractivity contribution < 1.29 is 28.5 Å². The maximum atomic E-state index is 14.0. The van der Waals surface area contributed by atoms with Gasteiger partial charge in [-0.1, -0.05) is 39.9 Å². The number of halogens is 2. The largest absolute Gasteiger partial charge is 0.493 e. The van der Waals surface area contributed by atoms with Crippen molar-refractivity contribution in [2.75, 3.05) is 34.5 Å². The number of fused-ring (bicyclic) bond motifs is 1. The van der Waals surface area contributed by atoms with Gasteiger partial charge in [0.1, 0.15) is 6.61 Å². The summed E-state index contributed by atoms with van der Waals surface area (Å²) in [4.78, 5) is 32.4. The van der Waals surface area contributed by atoms with Crippen LogP contribution in [0.25, 0.3) is 6.08 Å². The molecule has 2 heterocycles. The first-order valence-electron chi connectivity index (χ1n) is 12.4. The molecule has 0 bridgehead atoms. The van der Waals surface area contributed by atoms with Crippen LogP contribution < -0.4 is 33.8 Å². The summed E-state index contributed by atoms with van der Waals surface area (Å²) in [5.74, 6) is 1.53. The normalized spacial score (nSPS) is 14.7. The third kappa shape index (κ3) is 6.09. The molecule has 0 saturated heterocycles. The molecule has 0 aliphatic carbocycles. The highest BCUT2D eigenvalue weighted by atomic mass is 127. The van der Waals surface area contributed by atoms with Gasteiger partial charge < -0.3 is 23.7 Å². The van der Waals surface area contributed by atoms with Crippen molar-refractivity contribution in [3.8, 4) is 23.0 Å². The van der Waals surface area contributed by atoms with Crippen molar-refractivity contribution in [2.45, 2.75) is 19.9 Å². The molecular weight excluding hydrogens is 727 g/mol. The molecule has 216 valence electrons. The maximum absolute atomic E-state index is 14.0. The molecule has 0 amide bonds. The van der Waals surface area contributed by atoms with Gasteiger partial charge in [-0.05, 0) is 77.9 Å². The first-order chi connectivity index (χ1) is 19.7. The molecule has 41 heavy (non-hydrogen) atoms. The maximum Gasteiger partial charge on any atom is 0.338 e. The predicted octanol–water partition coefficient (Wildman–Crippen LogP) is 4.76. The van der Waals surface area contributed by atoms with Crippen molar-refractivity contribution in [2.24, 2.45) is 4.99 Å². The van der Waals surface area contributed by atoms with E-state index in [1.54, 1.807) is 51.3 Å². The summed E-state index contributed by atoms with van der Waals surface area (Å²) >= 11 is 7.01. The Labute approximate surface area is 263 Å². The van der Waals surface area contributed by atoms with Crippen molar-refractivity contribution in [1.82, 2.24) is 4.57 Å². The van der Waals surface area contributed by atoms with Gasteiger partial charge in [0.15, 0.2) is 27.8 Å². The summed E-state index contributed by atoms with van der Waals surface area (Å²) in [6, 6.07) is 6.36. The summed E-state index contributed by atoms with van der Waals surface area (Å²) < 4.78 is 31.1. The molecule has 4 rings (SSSR count). The Kier molecular flexibility index (Phi) is 9.97. The number of thiazole rings is 1. The van der Waals surface area contributed by atoms with Crippen LogP contribution >= 0.6 is 49.9 Å². The summed E-state index contributed by atoms with van der Waals surface area (Å²) in [7, 11) is 4.62. The molecule has 0 saturated carbocycles. The van der Waals surface area contributed by atoms with E-state index in [0.717, 1.165) is 9.13 Å². The molecule has 0 radical (unpaired) electrons. The smallest absolute Gasteiger partial charge is 0.338 e. The van der Waals surface area contributed by atoms with Gasteiger partial charge in [0.2, 0.25) is 0 Å². The lowest BCUT2D eigenvalue weighted by Gasteiger charge is -2.26. The summed E-state index contributed by atoms with van der Waals surface area (Å²) in [6.45, 7) is 7.66. The molecule has 1 aliphatic heterocycles. The lowest BCUT2D eigenvalue weighted by atomic mass is 9.95. The number of esters is 1. The number of methoxy groups -OCH3 is 3. The zero-order valence-electron chi connectivity index (χ0n) is 23.1. The Morgan fingerprint density at radius 3 is 2.46 bits per heavy atom. The topological polar surface area (TPSA) is 97.6 Å².